The minimum absolute atomic E-state index is 0.260. The van der Waals surface area contributed by atoms with Crippen molar-refractivity contribution in [1.82, 2.24) is 0 Å². The number of alkyl halides is 7. The Balaban J connectivity index is 2.10. The van der Waals surface area contributed by atoms with Gasteiger partial charge in [-0.05, 0) is 37.0 Å². The molecule has 0 saturated heterocycles. The summed E-state index contributed by atoms with van der Waals surface area (Å²) < 4.78 is 130. The second-order valence-corrected chi connectivity index (χ2v) is 13.2. The fourth-order valence-corrected chi connectivity index (χ4v) is 5.11. The van der Waals surface area contributed by atoms with Gasteiger partial charge in [0.1, 0.15) is 0 Å². The molecule has 39 heavy (non-hydrogen) atoms. The highest BCUT2D eigenvalue weighted by molar-refractivity contribution is 7.87. The maximum absolute atomic E-state index is 14.3. The molecule has 0 radical (unpaired) electrons. The molecule has 0 spiro atoms. The molecule has 0 aliphatic heterocycles. The van der Waals surface area contributed by atoms with E-state index in [9.17, 15) is 43.9 Å². The summed E-state index contributed by atoms with van der Waals surface area (Å²) >= 11 is 0. The van der Waals surface area contributed by atoms with Crippen molar-refractivity contribution in [2.24, 2.45) is 21.4 Å². The lowest BCUT2D eigenvalue weighted by atomic mass is 9.79. The van der Waals surface area contributed by atoms with Crippen LogP contribution in [0, 0.1) is 23.2 Å². The van der Waals surface area contributed by atoms with Crippen molar-refractivity contribution in [1.29, 1.82) is 0 Å². The lowest BCUT2D eigenvalue weighted by Gasteiger charge is -2.28. The molecule has 0 aromatic heterocycles. The van der Waals surface area contributed by atoms with Crippen molar-refractivity contribution in [3.63, 3.8) is 0 Å². The van der Waals surface area contributed by atoms with E-state index in [1.807, 2.05) is 34.6 Å². The molecule has 0 N–H and O–H groups in total. The molecule has 1 aromatic carbocycles. The van der Waals surface area contributed by atoms with Gasteiger partial charge in [0.2, 0.25) is 0 Å². The molecule has 1 saturated carbocycles. The highest BCUT2D eigenvalue weighted by Gasteiger charge is 2.69. The zero-order chi connectivity index (χ0) is 30.3. The number of rotatable bonds is 11. The zero-order valence-corrected chi connectivity index (χ0v) is 23.2. The van der Waals surface area contributed by atoms with E-state index < -0.39 is 75.0 Å². The number of hydrogen-bond donors (Lipinski definition) is 0. The van der Waals surface area contributed by atoms with Crippen molar-refractivity contribution < 1.29 is 53.0 Å². The summed E-state index contributed by atoms with van der Waals surface area (Å²) in [4.78, 5) is 12.7. The molecule has 0 bridgehead atoms. The number of ether oxygens (including phenoxy) is 1. The first-order chi connectivity index (χ1) is 17.4. The zero-order valence-electron chi connectivity index (χ0n) is 22.4. The Labute approximate surface area is 223 Å². The topological polar surface area (TPSA) is 82.0 Å². The van der Waals surface area contributed by atoms with Crippen LogP contribution in [0.4, 0.5) is 30.7 Å². The number of esters is 1. The van der Waals surface area contributed by atoms with Gasteiger partial charge in [0.15, 0.2) is 5.71 Å². The second-order valence-electron chi connectivity index (χ2n) is 11.7. The predicted octanol–water partition coefficient (Wildman–Crippen LogP) is 7.01. The molecule has 222 valence electrons. The van der Waals surface area contributed by atoms with Gasteiger partial charge in [0.25, 0.3) is 0 Å². The number of halogens is 7. The molecule has 2 rings (SSSR count). The normalized spacial score (nSPS) is 20.5. The number of oxime groups is 1. The van der Waals surface area contributed by atoms with Crippen LogP contribution in [0.3, 0.4) is 0 Å². The fourth-order valence-electron chi connectivity index (χ4n) is 4.38. The Morgan fingerprint density at radius 1 is 1.00 bits per heavy atom. The van der Waals surface area contributed by atoms with Gasteiger partial charge < -0.3 is 4.74 Å². The quantitative estimate of drug-likeness (QED) is 0.0909. The van der Waals surface area contributed by atoms with Gasteiger partial charge >= 0.3 is 33.4 Å². The average molecular weight is 592 g/mol. The Morgan fingerprint density at radius 2 is 1.51 bits per heavy atom. The molecular weight excluding hydrogens is 559 g/mol. The second kappa shape index (κ2) is 10.5. The smallest absolute Gasteiger partial charge is 0.444 e. The van der Waals surface area contributed by atoms with E-state index in [0.717, 1.165) is 12.1 Å². The van der Waals surface area contributed by atoms with Gasteiger partial charge in [0.05, 0.1) is 12.0 Å². The van der Waals surface area contributed by atoms with E-state index in [0.29, 0.717) is 18.4 Å². The van der Waals surface area contributed by atoms with Crippen LogP contribution in [0.2, 0.25) is 0 Å². The third-order valence-electron chi connectivity index (χ3n) is 6.57. The minimum Gasteiger partial charge on any atom is -0.465 e. The number of nitrogens with zero attached hydrogens (tertiary/aromatic N) is 1. The first kappa shape index (κ1) is 32.8. The molecule has 0 amide bonds. The van der Waals surface area contributed by atoms with Gasteiger partial charge in [-0.3, -0.25) is 9.08 Å². The molecular formula is C25H32F7NO5S. The van der Waals surface area contributed by atoms with E-state index in [1.54, 1.807) is 0 Å². The molecule has 1 fully saturated rings. The van der Waals surface area contributed by atoms with Crippen molar-refractivity contribution in [3.8, 4) is 0 Å². The standard InChI is InChI=1S/C25H32F7NO5S/c1-16-8-10-17(11-9-16)18(24(28,29)30)33-38-39(35,36)25(31,32)23(26,27)12-7-13-37-19(34)22(14-20(2,3)4)15-21(22,5)6/h8-11H,7,12-15H2,1-6H3. The summed E-state index contributed by atoms with van der Waals surface area (Å²) in [6, 6.07) is 4.16. The largest absolute Gasteiger partial charge is 0.465 e. The lowest BCUT2D eigenvalue weighted by Crippen LogP contribution is -2.47. The van der Waals surface area contributed by atoms with Crippen LogP contribution in [-0.2, 0) is 23.9 Å². The first-order valence-electron chi connectivity index (χ1n) is 12.0. The third-order valence-corrected chi connectivity index (χ3v) is 7.76. The number of carbonyl (C=O) groups is 1. The van der Waals surface area contributed by atoms with Crippen molar-refractivity contribution in [2.75, 3.05) is 6.61 Å². The summed E-state index contributed by atoms with van der Waals surface area (Å²) in [5, 5.41) is -3.68. The summed E-state index contributed by atoms with van der Waals surface area (Å²) in [5.74, 6) is -5.95. The van der Waals surface area contributed by atoms with Gasteiger partial charge in [-0.1, -0.05) is 69.6 Å². The van der Waals surface area contributed by atoms with Crippen molar-refractivity contribution in [2.45, 2.75) is 84.6 Å². The maximum Gasteiger partial charge on any atom is 0.444 e. The Morgan fingerprint density at radius 3 is 1.95 bits per heavy atom. The number of aryl methyl sites for hydroxylation is 1. The summed E-state index contributed by atoms with van der Waals surface area (Å²) in [6.45, 7) is 10.2. The van der Waals surface area contributed by atoms with Crippen LogP contribution in [-0.4, -0.2) is 44.1 Å². The van der Waals surface area contributed by atoms with Crippen LogP contribution in [0.1, 0.15) is 71.4 Å². The third kappa shape index (κ3) is 7.23. The molecule has 1 aliphatic rings. The van der Waals surface area contributed by atoms with E-state index in [4.69, 9.17) is 4.74 Å². The summed E-state index contributed by atoms with van der Waals surface area (Å²) in [5.41, 5.74) is -3.75. The van der Waals surface area contributed by atoms with Crippen LogP contribution in [0.25, 0.3) is 0 Å². The molecule has 0 heterocycles. The molecule has 1 atom stereocenters. The summed E-state index contributed by atoms with van der Waals surface area (Å²) in [6.07, 6.45) is -7.04. The van der Waals surface area contributed by atoms with Gasteiger partial charge in [-0.2, -0.15) is 39.2 Å². The average Bonchev–Trinajstić information content (AvgIpc) is 3.30. The number of carbonyl (C=O) groups excluding carboxylic acids is 1. The molecule has 14 heteroatoms. The highest BCUT2D eigenvalue weighted by Crippen LogP contribution is 2.68. The van der Waals surface area contributed by atoms with E-state index in [2.05, 4.69) is 9.44 Å². The Bertz CT molecular complexity index is 1190. The first-order valence-corrected chi connectivity index (χ1v) is 13.4. The van der Waals surface area contributed by atoms with Crippen molar-refractivity contribution in [3.05, 3.63) is 35.4 Å². The van der Waals surface area contributed by atoms with Gasteiger partial charge in [0, 0.05) is 12.0 Å². The fraction of sp³-hybridized carbons (Fsp3) is 0.680. The van der Waals surface area contributed by atoms with E-state index in [1.165, 1.54) is 19.1 Å². The van der Waals surface area contributed by atoms with Crippen LogP contribution >= 0.6 is 0 Å². The van der Waals surface area contributed by atoms with E-state index >= 15 is 0 Å². The number of hydrogen-bond acceptors (Lipinski definition) is 6. The Hall–Kier alpha value is -2.38. The molecule has 1 aliphatic carbocycles. The van der Waals surface area contributed by atoms with Crippen LogP contribution in [0.5, 0.6) is 0 Å². The number of benzene rings is 1. The van der Waals surface area contributed by atoms with Crippen molar-refractivity contribution >= 4 is 21.8 Å². The molecule has 1 unspecified atom stereocenters. The van der Waals surface area contributed by atoms with Gasteiger partial charge in [-0.25, -0.2) is 0 Å². The van der Waals surface area contributed by atoms with Gasteiger partial charge in [-0.15, -0.1) is 0 Å². The molecule has 6 nitrogen and oxygen atoms in total. The maximum atomic E-state index is 14.3. The summed E-state index contributed by atoms with van der Waals surface area (Å²) in [7, 11) is -6.67. The lowest BCUT2D eigenvalue weighted by molar-refractivity contribution is -0.169. The minimum atomic E-state index is -6.67. The van der Waals surface area contributed by atoms with Crippen LogP contribution in [0.15, 0.2) is 29.4 Å². The molecule has 1 aromatic rings. The Kier molecular flexibility index (Phi) is 8.88. The SMILES string of the molecule is Cc1ccc(C(=NOS(=O)(=O)C(F)(F)C(F)(F)CCCOC(=O)C2(CC(C)(C)C)CC2(C)C)C(F)(F)F)cc1. The van der Waals surface area contributed by atoms with E-state index in [-0.39, 0.29) is 5.41 Å². The highest BCUT2D eigenvalue weighted by atomic mass is 32.2. The van der Waals surface area contributed by atoms with Crippen LogP contribution < -0.4 is 0 Å². The monoisotopic (exact) mass is 591 g/mol. The predicted molar refractivity (Wildman–Crippen MR) is 129 cm³/mol.